The van der Waals surface area contributed by atoms with Crippen LogP contribution in [0.5, 0.6) is 0 Å². The van der Waals surface area contributed by atoms with Gasteiger partial charge >= 0.3 is 0 Å². The number of hydrogen-bond donors (Lipinski definition) is 2. The minimum atomic E-state index is -1.28. The van der Waals surface area contributed by atoms with Gasteiger partial charge in [-0.3, -0.25) is 0 Å². The number of ether oxygens (including phenoxy) is 2. The van der Waals surface area contributed by atoms with Gasteiger partial charge in [0.2, 0.25) is 0 Å². The standard InChI is InChI=1S/C17H23F2NO3/c18-11-4-5-14(19)13(8-11)16(21)15(20)9-12-10-22-17(23-12)6-2-1-3-7-17/h4-5,8,12,15-16,21H,1-3,6-7,9-10,20H2/t12-,15-,16+/m0/s1. The molecule has 6 heteroatoms. The Hall–Kier alpha value is -1.08. The molecule has 1 aromatic carbocycles. The Bertz CT molecular complexity index is 549. The maximum atomic E-state index is 13.7. The Morgan fingerprint density at radius 1 is 1.26 bits per heavy atom. The zero-order chi connectivity index (χ0) is 16.4. The maximum absolute atomic E-state index is 13.7. The van der Waals surface area contributed by atoms with Crippen molar-refractivity contribution in [2.45, 2.75) is 62.6 Å². The van der Waals surface area contributed by atoms with Crippen LogP contribution in [0.2, 0.25) is 0 Å². The zero-order valence-electron chi connectivity index (χ0n) is 13.0. The third kappa shape index (κ3) is 3.71. The molecule has 1 aliphatic heterocycles. The summed E-state index contributed by atoms with van der Waals surface area (Å²) in [5.41, 5.74) is 5.87. The fourth-order valence-electron chi connectivity index (χ4n) is 3.49. The Balaban J connectivity index is 1.60. The van der Waals surface area contributed by atoms with Crippen molar-refractivity contribution in [1.29, 1.82) is 0 Å². The average molecular weight is 327 g/mol. The van der Waals surface area contributed by atoms with Crippen LogP contribution in [0.4, 0.5) is 8.78 Å². The van der Waals surface area contributed by atoms with Crippen LogP contribution in [0.3, 0.4) is 0 Å². The van der Waals surface area contributed by atoms with E-state index in [2.05, 4.69) is 0 Å². The van der Waals surface area contributed by atoms with Crippen LogP contribution >= 0.6 is 0 Å². The highest BCUT2D eigenvalue weighted by Gasteiger charge is 2.43. The number of halogens is 2. The van der Waals surface area contributed by atoms with Crippen molar-refractivity contribution in [2.24, 2.45) is 5.73 Å². The van der Waals surface area contributed by atoms with E-state index in [1.165, 1.54) is 6.42 Å². The number of aliphatic hydroxyl groups is 1. The van der Waals surface area contributed by atoms with Gasteiger partial charge < -0.3 is 20.3 Å². The highest BCUT2D eigenvalue weighted by atomic mass is 19.1. The second-order valence-electron chi connectivity index (χ2n) is 6.53. The van der Waals surface area contributed by atoms with E-state index in [0.717, 1.165) is 43.9 Å². The smallest absolute Gasteiger partial charge is 0.168 e. The molecule has 0 radical (unpaired) electrons. The largest absolute Gasteiger partial charge is 0.387 e. The Kier molecular flexibility index (Phi) is 4.96. The fraction of sp³-hybridized carbons (Fsp3) is 0.647. The Labute approximate surface area is 134 Å². The number of aliphatic hydroxyl groups excluding tert-OH is 1. The normalized spacial score (nSPS) is 26.3. The van der Waals surface area contributed by atoms with E-state index < -0.39 is 29.6 Å². The molecular formula is C17H23F2NO3. The van der Waals surface area contributed by atoms with Crippen LogP contribution in [0, 0.1) is 11.6 Å². The van der Waals surface area contributed by atoms with Gasteiger partial charge in [0, 0.05) is 24.4 Å². The topological polar surface area (TPSA) is 64.7 Å². The number of hydrogen-bond acceptors (Lipinski definition) is 4. The van der Waals surface area contributed by atoms with Crippen molar-refractivity contribution in [3.05, 3.63) is 35.4 Å². The molecule has 0 amide bonds. The van der Waals surface area contributed by atoms with Crippen molar-refractivity contribution in [3.63, 3.8) is 0 Å². The van der Waals surface area contributed by atoms with Crippen molar-refractivity contribution >= 4 is 0 Å². The summed E-state index contributed by atoms with van der Waals surface area (Å²) in [6.07, 6.45) is 3.92. The SMILES string of the molecule is N[C@@H](C[C@H]1COC2(CCCCC2)O1)[C@H](O)c1cc(F)ccc1F. The molecule has 4 nitrogen and oxygen atoms in total. The summed E-state index contributed by atoms with van der Waals surface area (Å²) in [5, 5.41) is 10.2. The van der Waals surface area contributed by atoms with E-state index in [1.807, 2.05) is 0 Å². The van der Waals surface area contributed by atoms with Gasteiger partial charge in [0.25, 0.3) is 0 Å². The maximum Gasteiger partial charge on any atom is 0.168 e. The summed E-state index contributed by atoms with van der Waals surface area (Å²) < 4.78 is 38.8. The molecule has 1 aliphatic carbocycles. The van der Waals surface area contributed by atoms with Crippen LogP contribution in [0.15, 0.2) is 18.2 Å². The fourth-order valence-corrected chi connectivity index (χ4v) is 3.49. The molecule has 0 unspecified atom stereocenters. The van der Waals surface area contributed by atoms with E-state index >= 15 is 0 Å². The molecule has 23 heavy (non-hydrogen) atoms. The molecule has 3 N–H and O–H groups in total. The van der Waals surface area contributed by atoms with Crippen LogP contribution in [-0.2, 0) is 9.47 Å². The van der Waals surface area contributed by atoms with Gasteiger partial charge in [0.15, 0.2) is 5.79 Å². The molecule has 1 spiro atoms. The summed E-state index contributed by atoms with van der Waals surface area (Å²) in [6, 6.07) is 2.23. The minimum absolute atomic E-state index is 0.121. The minimum Gasteiger partial charge on any atom is -0.387 e. The summed E-state index contributed by atoms with van der Waals surface area (Å²) in [7, 11) is 0. The number of nitrogens with two attached hydrogens (primary N) is 1. The number of benzene rings is 1. The molecule has 0 aromatic heterocycles. The molecule has 1 aromatic rings. The van der Waals surface area contributed by atoms with Crippen molar-refractivity contribution in [1.82, 2.24) is 0 Å². The lowest BCUT2D eigenvalue weighted by Gasteiger charge is -2.32. The summed E-state index contributed by atoms with van der Waals surface area (Å²) in [5.74, 6) is -1.77. The van der Waals surface area contributed by atoms with Crippen molar-refractivity contribution < 1.29 is 23.4 Å². The quantitative estimate of drug-likeness (QED) is 0.892. The zero-order valence-corrected chi connectivity index (χ0v) is 13.0. The van der Waals surface area contributed by atoms with Gasteiger partial charge in [-0.1, -0.05) is 6.42 Å². The summed E-state index contributed by atoms with van der Waals surface area (Å²) in [4.78, 5) is 0. The first-order valence-corrected chi connectivity index (χ1v) is 8.19. The molecule has 128 valence electrons. The van der Waals surface area contributed by atoms with E-state index in [1.54, 1.807) is 0 Å². The molecule has 1 heterocycles. The lowest BCUT2D eigenvalue weighted by molar-refractivity contribution is -0.188. The number of rotatable bonds is 4. The van der Waals surface area contributed by atoms with Gasteiger partial charge in [0.05, 0.1) is 18.8 Å². The molecule has 1 saturated carbocycles. The molecule has 1 saturated heterocycles. The Morgan fingerprint density at radius 3 is 2.74 bits per heavy atom. The second-order valence-corrected chi connectivity index (χ2v) is 6.53. The van der Waals surface area contributed by atoms with Crippen LogP contribution in [-0.4, -0.2) is 29.6 Å². The van der Waals surface area contributed by atoms with E-state index in [-0.39, 0.29) is 11.7 Å². The van der Waals surface area contributed by atoms with Crippen LogP contribution in [0.1, 0.15) is 50.2 Å². The second kappa shape index (κ2) is 6.81. The molecule has 2 fully saturated rings. The first-order chi connectivity index (χ1) is 11.0. The van der Waals surface area contributed by atoms with Gasteiger partial charge in [-0.15, -0.1) is 0 Å². The third-order valence-electron chi connectivity index (χ3n) is 4.75. The van der Waals surface area contributed by atoms with Crippen molar-refractivity contribution in [3.8, 4) is 0 Å². The molecule has 3 atom stereocenters. The van der Waals surface area contributed by atoms with Crippen molar-refractivity contribution in [2.75, 3.05) is 6.61 Å². The van der Waals surface area contributed by atoms with Crippen LogP contribution in [0.25, 0.3) is 0 Å². The van der Waals surface area contributed by atoms with Gasteiger partial charge in [-0.2, -0.15) is 0 Å². The molecule has 0 bridgehead atoms. The van der Waals surface area contributed by atoms with E-state index in [9.17, 15) is 13.9 Å². The lowest BCUT2D eigenvalue weighted by Crippen LogP contribution is -2.36. The van der Waals surface area contributed by atoms with Crippen LogP contribution < -0.4 is 5.73 Å². The average Bonchev–Trinajstić information content (AvgIpc) is 2.91. The Morgan fingerprint density at radius 2 is 2.00 bits per heavy atom. The lowest BCUT2D eigenvalue weighted by atomic mass is 9.94. The summed E-state index contributed by atoms with van der Waals surface area (Å²) >= 11 is 0. The first-order valence-electron chi connectivity index (χ1n) is 8.19. The van der Waals surface area contributed by atoms with E-state index in [0.29, 0.717) is 13.0 Å². The predicted molar refractivity (Wildman–Crippen MR) is 80.6 cm³/mol. The van der Waals surface area contributed by atoms with Gasteiger partial charge in [0.1, 0.15) is 11.6 Å². The predicted octanol–water partition coefficient (Wildman–Crippen LogP) is 2.79. The molecular weight excluding hydrogens is 304 g/mol. The monoisotopic (exact) mass is 327 g/mol. The van der Waals surface area contributed by atoms with Gasteiger partial charge in [-0.05, 0) is 37.5 Å². The molecule has 3 rings (SSSR count). The highest BCUT2D eigenvalue weighted by molar-refractivity contribution is 5.22. The van der Waals surface area contributed by atoms with E-state index in [4.69, 9.17) is 15.2 Å². The van der Waals surface area contributed by atoms with Gasteiger partial charge in [-0.25, -0.2) is 8.78 Å². The highest BCUT2D eigenvalue weighted by Crippen LogP contribution is 2.39. The summed E-state index contributed by atoms with van der Waals surface area (Å²) in [6.45, 7) is 0.423. The third-order valence-corrected chi connectivity index (χ3v) is 4.75. The first kappa shape index (κ1) is 16.8. The molecule has 2 aliphatic rings.